The average molecular weight is 298 g/mol. The Morgan fingerprint density at radius 3 is 2.41 bits per heavy atom. The molecule has 0 aliphatic carbocycles. The smallest absolute Gasteiger partial charge is 0.255 e. The maximum atomic E-state index is 13.7. The fourth-order valence-electron chi connectivity index (χ4n) is 2.13. The molecule has 22 heavy (non-hydrogen) atoms. The molecule has 1 N–H and O–H groups in total. The van der Waals surface area contributed by atoms with Gasteiger partial charge in [-0.25, -0.2) is 4.39 Å². The van der Waals surface area contributed by atoms with Crippen LogP contribution < -0.4 is 5.32 Å². The molecule has 0 aromatic heterocycles. The Kier molecular flexibility index (Phi) is 5.23. The van der Waals surface area contributed by atoms with E-state index in [-0.39, 0.29) is 5.56 Å². The van der Waals surface area contributed by atoms with Crippen LogP contribution in [0.15, 0.2) is 54.6 Å². The van der Waals surface area contributed by atoms with E-state index >= 15 is 0 Å². The molecule has 1 amide bonds. The number of halogens is 1. The second-order valence-electron chi connectivity index (χ2n) is 4.62. The van der Waals surface area contributed by atoms with Gasteiger partial charge in [-0.2, -0.15) is 5.26 Å². The number of carbonyl (C=O) groups is 1. The van der Waals surface area contributed by atoms with Crippen LogP contribution >= 0.6 is 0 Å². The molecule has 0 heterocycles. The molecule has 2 rings (SSSR count). The largest absolute Gasteiger partial charge is 0.367 e. The number of hydrogen-bond donors (Lipinski definition) is 1. The zero-order valence-corrected chi connectivity index (χ0v) is 12.0. The number of nitrogens with one attached hydrogen (secondary N) is 1. The Balaban J connectivity index is 2.19. The van der Waals surface area contributed by atoms with Gasteiger partial charge in [0, 0.05) is 12.7 Å². The summed E-state index contributed by atoms with van der Waals surface area (Å²) in [5.41, 5.74) is 0.786. The molecule has 0 radical (unpaired) electrons. The predicted molar refractivity (Wildman–Crippen MR) is 79.1 cm³/mol. The molecular formula is C17H15FN2O2. The maximum Gasteiger partial charge on any atom is 0.255 e. The van der Waals surface area contributed by atoms with E-state index in [4.69, 9.17) is 4.74 Å². The van der Waals surface area contributed by atoms with Crippen LogP contribution in [-0.4, -0.2) is 13.0 Å². The molecule has 0 saturated heterocycles. The van der Waals surface area contributed by atoms with Gasteiger partial charge in [0.15, 0.2) is 6.10 Å². The Morgan fingerprint density at radius 1 is 1.18 bits per heavy atom. The number of amides is 1. The van der Waals surface area contributed by atoms with E-state index in [0.29, 0.717) is 5.56 Å². The second-order valence-corrected chi connectivity index (χ2v) is 4.62. The van der Waals surface area contributed by atoms with Gasteiger partial charge in [0.05, 0.1) is 6.07 Å². The Bertz CT molecular complexity index is 683. The molecule has 0 bridgehead atoms. The lowest BCUT2D eigenvalue weighted by molar-refractivity contribution is -0.131. The molecule has 0 fully saturated rings. The van der Waals surface area contributed by atoms with Crippen molar-refractivity contribution in [1.29, 1.82) is 5.26 Å². The van der Waals surface area contributed by atoms with Gasteiger partial charge in [0.25, 0.3) is 5.91 Å². The normalized spacial score (nSPS) is 13.0. The number of rotatable bonds is 5. The zero-order valence-electron chi connectivity index (χ0n) is 12.0. The average Bonchev–Trinajstić information content (AvgIpc) is 2.55. The van der Waals surface area contributed by atoms with Crippen LogP contribution in [0.1, 0.15) is 23.3 Å². The van der Waals surface area contributed by atoms with Crippen molar-refractivity contribution < 1.29 is 13.9 Å². The van der Waals surface area contributed by atoms with Crippen LogP contribution in [0.5, 0.6) is 0 Å². The van der Waals surface area contributed by atoms with E-state index in [1.807, 2.05) is 12.1 Å². The summed E-state index contributed by atoms with van der Waals surface area (Å²) in [4.78, 5) is 12.3. The molecule has 0 spiro atoms. The van der Waals surface area contributed by atoms with Crippen molar-refractivity contribution in [2.75, 3.05) is 7.11 Å². The van der Waals surface area contributed by atoms with Gasteiger partial charge >= 0.3 is 0 Å². The Morgan fingerprint density at radius 2 is 1.82 bits per heavy atom. The number of ether oxygens (including phenoxy) is 1. The highest BCUT2D eigenvalue weighted by molar-refractivity contribution is 5.83. The molecule has 0 aliphatic rings. The molecule has 2 aromatic rings. The zero-order chi connectivity index (χ0) is 15.9. The number of benzene rings is 2. The third kappa shape index (κ3) is 3.48. The minimum absolute atomic E-state index is 0.126. The second kappa shape index (κ2) is 7.34. The number of methoxy groups -OCH3 is 1. The van der Waals surface area contributed by atoms with Crippen molar-refractivity contribution in [3.63, 3.8) is 0 Å². The Hall–Kier alpha value is -2.71. The first-order valence-electron chi connectivity index (χ1n) is 6.69. The number of carbonyl (C=O) groups excluding carboxylic acids is 1. The van der Waals surface area contributed by atoms with Gasteiger partial charge in [0.1, 0.15) is 11.9 Å². The predicted octanol–water partition coefficient (Wildman–Crippen LogP) is 2.89. The van der Waals surface area contributed by atoms with Crippen molar-refractivity contribution in [2.24, 2.45) is 0 Å². The van der Waals surface area contributed by atoms with Gasteiger partial charge in [-0.05, 0) is 11.6 Å². The van der Waals surface area contributed by atoms with Gasteiger partial charge in [-0.3, -0.25) is 4.79 Å². The summed E-state index contributed by atoms with van der Waals surface area (Å²) in [7, 11) is 1.40. The van der Waals surface area contributed by atoms with E-state index in [9.17, 15) is 14.4 Å². The molecule has 112 valence electrons. The summed E-state index contributed by atoms with van der Waals surface area (Å²) in [6.45, 7) is 0. The third-order valence-electron chi connectivity index (χ3n) is 3.21. The van der Waals surface area contributed by atoms with Crippen LogP contribution in [0.25, 0.3) is 0 Å². The summed E-state index contributed by atoms with van der Waals surface area (Å²) in [6, 6.07) is 15.6. The molecule has 0 saturated carbocycles. The minimum Gasteiger partial charge on any atom is -0.367 e. The topological polar surface area (TPSA) is 62.1 Å². The SMILES string of the molecule is CO[C@H](C(=O)N[C@H](C#N)c1ccccc1F)c1ccccc1. The van der Waals surface area contributed by atoms with Crippen LogP contribution in [0.4, 0.5) is 4.39 Å². The summed E-state index contributed by atoms with van der Waals surface area (Å²) < 4.78 is 18.9. The third-order valence-corrected chi connectivity index (χ3v) is 3.21. The van der Waals surface area contributed by atoms with Gasteiger partial charge in [-0.1, -0.05) is 48.5 Å². The van der Waals surface area contributed by atoms with Crippen molar-refractivity contribution in [1.82, 2.24) is 5.32 Å². The minimum atomic E-state index is -1.07. The van der Waals surface area contributed by atoms with Gasteiger partial charge in [0.2, 0.25) is 0 Å². The molecule has 0 aliphatic heterocycles. The summed E-state index contributed by atoms with van der Waals surface area (Å²) in [6.07, 6.45) is -0.858. The molecule has 2 aromatic carbocycles. The highest BCUT2D eigenvalue weighted by Crippen LogP contribution is 2.20. The quantitative estimate of drug-likeness (QED) is 0.923. The molecule has 4 nitrogen and oxygen atoms in total. The lowest BCUT2D eigenvalue weighted by Gasteiger charge is -2.18. The lowest BCUT2D eigenvalue weighted by atomic mass is 10.1. The molecular weight excluding hydrogens is 283 g/mol. The number of nitriles is 1. The van der Waals surface area contributed by atoms with E-state index in [1.54, 1.807) is 30.3 Å². The van der Waals surface area contributed by atoms with E-state index < -0.39 is 23.9 Å². The fourth-order valence-corrected chi connectivity index (χ4v) is 2.13. The molecule has 5 heteroatoms. The van der Waals surface area contributed by atoms with E-state index in [0.717, 1.165) is 0 Å². The van der Waals surface area contributed by atoms with Crippen LogP contribution in [0.3, 0.4) is 0 Å². The summed E-state index contributed by atoms with van der Waals surface area (Å²) in [5.74, 6) is -1.04. The van der Waals surface area contributed by atoms with Crippen molar-refractivity contribution >= 4 is 5.91 Å². The monoisotopic (exact) mass is 298 g/mol. The van der Waals surface area contributed by atoms with Crippen molar-refractivity contribution in [3.8, 4) is 6.07 Å². The van der Waals surface area contributed by atoms with Crippen LogP contribution in [0, 0.1) is 17.1 Å². The van der Waals surface area contributed by atoms with E-state index in [2.05, 4.69) is 5.32 Å². The molecule has 0 unspecified atom stereocenters. The van der Waals surface area contributed by atoms with Crippen molar-refractivity contribution in [3.05, 3.63) is 71.5 Å². The summed E-state index contributed by atoms with van der Waals surface area (Å²) >= 11 is 0. The number of hydrogen-bond acceptors (Lipinski definition) is 3. The van der Waals surface area contributed by atoms with Gasteiger partial charge < -0.3 is 10.1 Å². The van der Waals surface area contributed by atoms with Crippen molar-refractivity contribution in [2.45, 2.75) is 12.1 Å². The maximum absolute atomic E-state index is 13.7. The standard InChI is InChI=1S/C17H15FN2O2/c1-22-16(12-7-3-2-4-8-12)17(21)20-15(11-19)13-9-5-6-10-14(13)18/h2-10,15-16H,1H3,(H,20,21)/t15-,16+/m1/s1. The number of nitrogens with zero attached hydrogens (tertiary/aromatic N) is 1. The van der Waals surface area contributed by atoms with Crippen LogP contribution in [0.2, 0.25) is 0 Å². The van der Waals surface area contributed by atoms with E-state index in [1.165, 1.54) is 25.3 Å². The first kappa shape index (κ1) is 15.7. The Labute approximate surface area is 128 Å². The highest BCUT2D eigenvalue weighted by atomic mass is 19.1. The van der Waals surface area contributed by atoms with Gasteiger partial charge in [-0.15, -0.1) is 0 Å². The first-order chi connectivity index (χ1) is 10.7. The highest BCUT2D eigenvalue weighted by Gasteiger charge is 2.24. The first-order valence-corrected chi connectivity index (χ1v) is 6.69. The fraction of sp³-hybridized carbons (Fsp3) is 0.176. The molecule has 2 atom stereocenters. The van der Waals surface area contributed by atoms with Crippen LogP contribution in [-0.2, 0) is 9.53 Å². The lowest BCUT2D eigenvalue weighted by Crippen LogP contribution is -2.33. The summed E-state index contributed by atoms with van der Waals surface area (Å²) in [5, 5.41) is 11.7.